The van der Waals surface area contributed by atoms with E-state index in [9.17, 15) is 4.79 Å². The Morgan fingerprint density at radius 3 is 2.75 bits per heavy atom. The monoisotopic (exact) mass is 298 g/mol. The predicted octanol–water partition coefficient (Wildman–Crippen LogP) is 1.35. The van der Waals surface area contributed by atoms with Crippen molar-refractivity contribution in [3.8, 4) is 0 Å². The summed E-state index contributed by atoms with van der Waals surface area (Å²) in [4.78, 5) is 14.5. The summed E-state index contributed by atoms with van der Waals surface area (Å²) in [7, 11) is 1.87. The maximum Gasteiger partial charge on any atom is 0.257 e. The summed E-state index contributed by atoms with van der Waals surface area (Å²) in [6.45, 7) is 3.62. The highest BCUT2D eigenvalue weighted by atomic mass is 35.5. The van der Waals surface area contributed by atoms with Crippen molar-refractivity contribution >= 4 is 18.3 Å². The number of carbonyl (C=O) groups is 1. The summed E-state index contributed by atoms with van der Waals surface area (Å²) in [5, 5.41) is 4.16. The Bertz CT molecular complexity index is 501. The molecule has 2 N–H and O–H groups in total. The molecule has 6 heteroatoms. The van der Waals surface area contributed by atoms with E-state index in [1.165, 1.54) is 12.8 Å². The zero-order valence-electron chi connectivity index (χ0n) is 12.1. The third kappa shape index (κ3) is 2.44. The molecule has 1 aliphatic carbocycles. The van der Waals surface area contributed by atoms with Crippen LogP contribution in [-0.2, 0) is 7.05 Å². The molecule has 0 aromatic carbocycles. The zero-order chi connectivity index (χ0) is 13.6. The number of nitrogens with two attached hydrogens (primary N) is 1. The van der Waals surface area contributed by atoms with Gasteiger partial charge in [0.1, 0.15) is 0 Å². The van der Waals surface area contributed by atoms with Crippen molar-refractivity contribution in [1.82, 2.24) is 14.7 Å². The summed E-state index contributed by atoms with van der Waals surface area (Å²) in [6.07, 6.45) is 5.21. The number of hydrogen-bond acceptors (Lipinski definition) is 3. The van der Waals surface area contributed by atoms with Gasteiger partial charge in [0.25, 0.3) is 5.91 Å². The van der Waals surface area contributed by atoms with Gasteiger partial charge in [0, 0.05) is 31.9 Å². The Balaban J connectivity index is 0.00000147. The molecule has 1 saturated heterocycles. The molecule has 2 fully saturated rings. The van der Waals surface area contributed by atoms with Crippen LogP contribution >= 0.6 is 12.4 Å². The first-order valence-electron chi connectivity index (χ1n) is 7.11. The first-order chi connectivity index (χ1) is 9.08. The quantitative estimate of drug-likeness (QED) is 0.851. The number of nitrogens with zero attached hydrogens (tertiary/aromatic N) is 3. The molecule has 3 unspecified atom stereocenters. The average molecular weight is 299 g/mol. The standard InChI is InChI=1S/C14H22N4O.ClH/c1-9-11(6-16-17(9)2)14(19)18-7-10-4-3-5-13(15)12(10)8-18;/h6,10,12-13H,3-5,7-8,15H2,1-2H3;1H. The minimum Gasteiger partial charge on any atom is -0.338 e. The van der Waals surface area contributed by atoms with Crippen molar-refractivity contribution in [2.45, 2.75) is 32.2 Å². The van der Waals surface area contributed by atoms with E-state index in [1.54, 1.807) is 10.9 Å². The highest BCUT2D eigenvalue weighted by molar-refractivity contribution is 5.95. The minimum atomic E-state index is 0. The molecule has 1 amide bonds. The number of aromatic nitrogens is 2. The van der Waals surface area contributed by atoms with Crippen LogP contribution in [0.2, 0.25) is 0 Å². The topological polar surface area (TPSA) is 64.2 Å². The first kappa shape index (κ1) is 15.3. The van der Waals surface area contributed by atoms with Gasteiger partial charge < -0.3 is 10.6 Å². The summed E-state index contributed by atoms with van der Waals surface area (Å²) < 4.78 is 1.75. The van der Waals surface area contributed by atoms with Crippen LogP contribution in [-0.4, -0.2) is 39.7 Å². The number of likely N-dealkylation sites (tertiary alicyclic amines) is 1. The molecule has 2 heterocycles. The molecule has 3 rings (SSSR count). The smallest absolute Gasteiger partial charge is 0.257 e. The summed E-state index contributed by atoms with van der Waals surface area (Å²) in [6, 6.07) is 0.270. The maximum absolute atomic E-state index is 12.6. The van der Waals surface area contributed by atoms with Gasteiger partial charge in [0.2, 0.25) is 0 Å². The molecule has 1 aromatic rings. The molecule has 1 aliphatic heterocycles. The van der Waals surface area contributed by atoms with E-state index in [0.717, 1.165) is 30.8 Å². The van der Waals surface area contributed by atoms with Crippen LogP contribution in [0.5, 0.6) is 0 Å². The molecule has 0 radical (unpaired) electrons. The Kier molecular flexibility index (Phi) is 4.39. The SMILES string of the molecule is Cc1c(C(=O)N2CC3CCCC(N)C3C2)cnn1C.Cl. The fourth-order valence-corrected chi connectivity index (χ4v) is 3.56. The summed E-state index contributed by atoms with van der Waals surface area (Å²) >= 11 is 0. The van der Waals surface area contributed by atoms with Crippen molar-refractivity contribution in [3.63, 3.8) is 0 Å². The Morgan fingerprint density at radius 2 is 2.15 bits per heavy atom. The normalized spacial score (nSPS) is 28.9. The van der Waals surface area contributed by atoms with Crippen molar-refractivity contribution < 1.29 is 4.79 Å². The van der Waals surface area contributed by atoms with Crippen LogP contribution in [0.1, 0.15) is 35.3 Å². The second kappa shape index (κ2) is 5.74. The third-order valence-corrected chi connectivity index (χ3v) is 4.91. The fraction of sp³-hybridized carbons (Fsp3) is 0.714. The van der Waals surface area contributed by atoms with Gasteiger partial charge >= 0.3 is 0 Å². The molecular formula is C14H23ClN4O. The van der Waals surface area contributed by atoms with Gasteiger partial charge in [-0.2, -0.15) is 5.10 Å². The molecule has 3 atom stereocenters. The predicted molar refractivity (Wildman–Crippen MR) is 79.9 cm³/mol. The van der Waals surface area contributed by atoms with Crippen molar-refractivity contribution in [2.24, 2.45) is 24.6 Å². The van der Waals surface area contributed by atoms with Crippen LogP contribution in [0.3, 0.4) is 0 Å². The van der Waals surface area contributed by atoms with E-state index in [4.69, 9.17) is 5.73 Å². The molecule has 20 heavy (non-hydrogen) atoms. The highest BCUT2D eigenvalue weighted by Gasteiger charge is 2.40. The van der Waals surface area contributed by atoms with Gasteiger partial charge in [-0.1, -0.05) is 6.42 Å². The molecule has 0 bridgehead atoms. The molecule has 5 nitrogen and oxygen atoms in total. The number of hydrogen-bond donors (Lipinski definition) is 1. The van der Waals surface area contributed by atoms with Crippen LogP contribution in [0.25, 0.3) is 0 Å². The van der Waals surface area contributed by atoms with Crippen molar-refractivity contribution in [3.05, 3.63) is 17.5 Å². The number of rotatable bonds is 1. The summed E-state index contributed by atoms with van der Waals surface area (Å²) in [5.74, 6) is 1.21. The Labute approximate surface area is 125 Å². The average Bonchev–Trinajstić information content (AvgIpc) is 2.95. The fourth-order valence-electron chi connectivity index (χ4n) is 3.56. The zero-order valence-corrected chi connectivity index (χ0v) is 12.9. The highest BCUT2D eigenvalue weighted by Crippen LogP contribution is 2.36. The van der Waals surface area contributed by atoms with E-state index in [-0.39, 0.29) is 24.4 Å². The largest absolute Gasteiger partial charge is 0.338 e. The van der Waals surface area contributed by atoms with Crippen molar-refractivity contribution in [2.75, 3.05) is 13.1 Å². The van der Waals surface area contributed by atoms with Gasteiger partial charge in [0.05, 0.1) is 11.8 Å². The third-order valence-electron chi connectivity index (χ3n) is 4.91. The van der Waals surface area contributed by atoms with E-state index in [0.29, 0.717) is 11.8 Å². The van der Waals surface area contributed by atoms with Crippen LogP contribution in [0, 0.1) is 18.8 Å². The number of fused-ring (bicyclic) bond motifs is 1. The van der Waals surface area contributed by atoms with Crippen LogP contribution in [0.15, 0.2) is 6.20 Å². The number of halogens is 1. The van der Waals surface area contributed by atoms with Gasteiger partial charge in [-0.25, -0.2) is 0 Å². The second-order valence-electron chi connectivity index (χ2n) is 6.00. The maximum atomic E-state index is 12.6. The minimum absolute atomic E-state index is 0. The lowest BCUT2D eigenvalue weighted by Gasteiger charge is -2.29. The Hall–Kier alpha value is -1.07. The van der Waals surface area contributed by atoms with Gasteiger partial charge in [-0.3, -0.25) is 9.48 Å². The molecule has 0 spiro atoms. The molecular weight excluding hydrogens is 276 g/mol. The van der Waals surface area contributed by atoms with Crippen molar-refractivity contribution in [1.29, 1.82) is 0 Å². The number of carbonyl (C=O) groups excluding carboxylic acids is 1. The lowest BCUT2D eigenvalue weighted by molar-refractivity contribution is 0.0782. The van der Waals surface area contributed by atoms with Gasteiger partial charge in [-0.05, 0) is 31.6 Å². The lowest BCUT2D eigenvalue weighted by Crippen LogP contribution is -2.38. The second-order valence-corrected chi connectivity index (χ2v) is 6.00. The van der Waals surface area contributed by atoms with E-state index >= 15 is 0 Å². The van der Waals surface area contributed by atoms with E-state index < -0.39 is 0 Å². The first-order valence-corrected chi connectivity index (χ1v) is 7.11. The van der Waals surface area contributed by atoms with Crippen LogP contribution < -0.4 is 5.73 Å². The Morgan fingerprint density at radius 1 is 1.40 bits per heavy atom. The number of aryl methyl sites for hydroxylation is 1. The van der Waals surface area contributed by atoms with E-state index in [2.05, 4.69) is 5.10 Å². The molecule has 1 aromatic heterocycles. The van der Waals surface area contributed by atoms with E-state index in [1.807, 2.05) is 18.9 Å². The lowest BCUT2D eigenvalue weighted by atomic mass is 9.78. The van der Waals surface area contributed by atoms with Gasteiger partial charge in [0.15, 0.2) is 0 Å². The molecule has 2 aliphatic rings. The summed E-state index contributed by atoms with van der Waals surface area (Å²) in [5.41, 5.74) is 7.87. The van der Waals surface area contributed by atoms with Gasteiger partial charge in [-0.15, -0.1) is 12.4 Å². The molecule has 112 valence electrons. The van der Waals surface area contributed by atoms with Crippen LogP contribution in [0.4, 0.5) is 0 Å². The number of amides is 1. The molecule has 1 saturated carbocycles.